The molecule has 0 saturated heterocycles. The van der Waals surface area contributed by atoms with E-state index in [9.17, 15) is 0 Å². The molecule has 0 aromatic heterocycles. The normalized spacial score (nSPS) is 13.1. The van der Waals surface area contributed by atoms with Crippen LogP contribution in [-0.2, 0) is 0 Å². The molecule has 1 aromatic rings. The quantitative estimate of drug-likeness (QED) is 0.820. The number of ether oxygens (including phenoxy) is 1. The molecule has 0 aliphatic rings. The Morgan fingerprint density at radius 3 is 2.53 bits per heavy atom. The van der Waals surface area contributed by atoms with Crippen LogP contribution < -0.4 is 10.1 Å². The molecule has 0 fully saturated rings. The third kappa shape index (κ3) is 4.36. The van der Waals surface area contributed by atoms with Crippen molar-refractivity contribution in [2.24, 2.45) is 0 Å². The Morgan fingerprint density at radius 1 is 1.29 bits per heavy atom. The molecule has 1 N–H and O–H groups in total. The predicted octanol–water partition coefficient (Wildman–Crippen LogP) is 2.30. The average molecular weight is 236 g/mol. The molecule has 0 spiro atoms. The number of methoxy groups -OCH3 is 1. The third-order valence-corrected chi connectivity index (χ3v) is 2.82. The Balaban J connectivity index is 2.81. The van der Waals surface area contributed by atoms with Gasteiger partial charge in [0.1, 0.15) is 5.75 Å². The molecule has 0 amide bonds. The van der Waals surface area contributed by atoms with Crippen molar-refractivity contribution in [1.82, 2.24) is 10.2 Å². The molecule has 0 radical (unpaired) electrons. The summed E-state index contributed by atoms with van der Waals surface area (Å²) in [6, 6.07) is 9.14. The largest absolute Gasteiger partial charge is 0.497 e. The van der Waals surface area contributed by atoms with Crippen molar-refractivity contribution in [3.8, 4) is 5.75 Å². The van der Waals surface area contributed by atoms with E-state index in [0.29, 0.717) is 12.1 Å². The minimum Gasteiger partial charge on any atom is -0.497 e. The summed E-state index contributed by atoms with van der Waals surface area (Å²) in [6.45, 7) is 5.27. The molecule has 3 heteroatoms. The molecule has 1 rings (SSSR count). The maximum absolute atomic E-state index is 5.27. The second kappa shape index (κ2) is 6.62. The summed E-state index contributed by atoms with van der Waals surface area (Å²) < 4.78 is 5.27. The van der Waals surface area contributed by atoms with Crippen LogP contribution in [0.2, 0.25) is 0 Å². The van der Waals surface area contributed by atoms with Crippen molar-refractivity contribution in [2.45, 2.75) is 25.9 Å². The molecule has 1 unspecified atom stereocenters. The number of nitrogens with zero attached hydrogens (tertiary/aromatic N) is 1. The molecule has 0 bridgehead atoms. The van der Waals surface area contributed by atoms with Gasteiger partial charge in [0.2, 0.25) is 0 Å². The van der Waals surface area contributed by atoms with Gasteiger partial charge in [-0.2, -0.15) is 0 Å². The Kier molecular flexibility index (Phi) is 5.45. The zero-order valence-corrected chi connectivity index (χ0v) is 11.5. The first kappa shape index (κ1) is 14.0. The maximum Gasteiger partial charge on any atom is 0.119 e. The van der Waals surface area contributed by atoms with E-state index in [2.05, 4.69) is 50.3 Å². The van der Waals surface area contributed by atoms with Crippen LogP contribution in [0.3, 0.4) is 0 Å². The second-order valence-electron chi connectivity index (χ2n) is 4.82. The van der Waals surface area contributed by atoms with Gasteiger partial charge in [-0.25, -0.2) is 0 Å². The average Bonchev–Trinajstić information content (AvgIpc) is 2.28. The first-order chi connectivity index (χ1) is 8.04. The summed E-state index contributed by atoms with van der Waals surface area (Å²) in [7, 11) is 5.91. The van der Waals surface area contributed by atoms with Gasteiger partial charge in [0.25, 0.3) is 0 Å². The molecular weight excluding hydrogens is 212 g/mol. The van der Waals surface area contributed by atoms with E-state index >= 15 is 0 Å². The van der Waals surface area contributed by atoms with Crippen LogP contribution in [0.1, 0.15) is 25.5 Å². The van der Waals surface area contributed by atoms with E-state index in [0.717, 1.165) is 12.3 Å². The fourth-order valence-corrected chi connectivity index (χ4v) is 1.79. The number of rotatable bonds is 6. The van der Waals surface area contributed by atoms with E-state index in [1.54, 1.807) is 7.11 Å². The SMILES string of the molecule is COc1cccc(C(CNC(C)C)N(C)C)c1. The van der Waals surface area contributed by atoms with E-state index < -0.39 is 0 Å². The highest BCUT2D eigenvalue weighted by Crippen LogP contribution is 2.22. The van der Waals surface area contributed by atoms with E-state index in [1.165, 1.54) is 5.56 Å². The van der Waals surface area contributed by atoms with Gasteiger partial charge in [-0.1, -0.05) is 26.0 Å². The van der Waals surface area contributed by atoms with Crippen molar-refractivity contribution >= 4 is 0 Å². The summed E-state index contributed by atoms with van der Waals surface area (Å²) in [4.78, 5) is 2.23. The number of nitrogens with one attached hydrogen (secondary N) is 1. The van der Waals surface area contributed by atoms with Gasteiger partial charge in [0.05, 0.1) is 7.11 Å². The zero-order chi connectivity index (χ0) is 12.8. The molecule has 0 heterocycles. The smallest absolute Gasteiger partial charge is 0.119 e. The fourth-order valence-electron chi connectivity index (χ4n) is 1.79. The van der Waals surface area contributed by atoms with Gasteiger partial charge in [-0.15, -0.1) is 0 Å². The minimum absolute atomic E-state index is 0.368. The topological polar surface area (TPSA) is 24.5 Å². The van der Waals surface area contributed by atoms with Gasteiger partial charge in [-0.05, 0) is 31.8 Å². The van der Waals surface area contributed by atoms with E-state index in [4.69, 9.17) is 4.74 Å². The standard InChI is InChI=1S/C14H24N2O/c1-11(2)15-10-14(16(3)4)12-7-6-8-13(9-12)17-5/h6-9,11,14-15H,10H2,1-5H3. The number of likely N-dealkylation sites (N-methyl/N-ethyl adjacent to an activating group) is 1. The second-order valence-corrected chi connectivity index (χ2v) is 4.82. The lowest BCUT2D eigenvalue weighted by molar-refractivity contribution is 0.282. The molecule has 1 atom stereocenters. The van der Waals surface area contributed by atoms with Gasteiger partial charge < -0.3 is 15.0 Å². The summed E-state index contributed by atoms with van der Waals surface area (Å²) >= 11 is 0. The van der Waals surface area contributed by atoms with E-state index in [-0.39, 0.29) is 0 Å². The van der Waals surface area contributed by atoms with Gasteiger partial charge in [0.15, 0.2) is 0 Å². The van der Waals surface area contributed by atoms with Crippen LogP contribution in [0.5, 0.6) is 5.75 Å². The van der Waals surface area contributed by atoms with Gasteiger partial charge >= 0.3 is 0 Å². The van der Waals surface area contributed by atoms with Crippen molar-refractivity contribution in [3.63, 3.8) is 0 Å². The zero-order valence-electron chi connectivity index (χ0n) is 11.5. The number of hydrogen-bond acceptors (Lipinski definition) is 3. The molecule has 1 aromatic carbocycles. The Morgan fingerprint density at radius 2 is 2.00 bits per heavy atom. The lowest BCUT2D eigenvalue weighted by Crippen LogP contribution is -2.34. The summed E-state index contributed by atoms with van der Waals surface area (Å²) in [6.07, 6.45) is 0. The molecular formula is C14H24N2O. The maximum atomic E-state index is 5.27. The van der Waals surface area contributed by atoms with Crippen molar-refractivity contribution < 1.29 is 4.74 Å². The van der Waals surface area contributed by atoms with Gasteiger partial charge in [0, 0.05) is 18.6 Å². The van der Waals surface area contributed by atoms with Crippen molar-refractivity contribution in [3.05, 3.63) is 29.8 Å². The first-order valence-electron chi connectivity index (χ1n) is 6.08. The number of benzene rings is 1. The van der Waals surface area contributed by atoms with Crippen LogP contribution in [0.25, 0.3) is 0 Å². The van der Waals surface area contributed by atoms with E-state index in [1.807, 2.05) is 12.1 Å². The fraction of sp³-hybridized carbons (Fsp3) is 0.571. The monoisotopic (exact) mass is 236 g/mol. The van der Waals surface area contributed by atoms with Crippen LogP contribution in [0, 0.1) is 0 Å². The Bertz CT molecular complexity index is 337. The molecule has 3 nitrogen and oxygen atoms in total. The summed E-state index contributed by atoms with van der Waals surface area (Å²) in [5.74, 6) is 0.916. The summed E-state index contributed by atoms with van der Waals surface area (Å²) in [5, 5.41) is 3.48. The Hall–Kier alpha value is -1.06. The molecule has 0 aliphatic carbocycles. The van der Waals surface area contributed by atoms with Crippen LogP contribution in [0.4, 0.5) is 0 Å². The van der Waals surface area contributed by atoms with Crippen LogP contribution in [0.15, 0.2) is 24.3 Å². The third-order valence-electron chi connectivity index (χ3n) is 2.82. The van der Waals surface area contributed by atoms with Crippen molar-refractivity contribution in [1.29, 1.82) is 0 Å². The number of hydrogen-bond donors (Lipinski definition) is 1. The van der Waals surface area contributed by atoms with Gasteiger partial charge in [-0.3, -0.25) is 0 Å². The van der Waals surface area contributed by atoms with Crippen LogP contribution >= 0.6 is 0 Å². The minimum atomic E-state index is 0.368. The predicted molar refractivity (Wildman–Crippen MR) is 72.6 cm³/mol. The highest BCUT2D eigenvalue weighted by Gasteiger charge is 2.14. The lowest BCUT2D eigenvalue weighted by atomic mass is 10.1. The molecule has 0 aliphatic heterocycles. The lowest BCUT2D eigenvalue weighted by Gasteiger charge is -2.26. The molecule has 0 saturated carbocycles. The first-order valence-corrected chi connectivity index (χ1v) is 6.08. The Labute approximate surface area is 105 Å². The molecule has 17 heavy (non-hydrogen) atoms. The highest BCUT2D eigenvalue weighted by molar-refractivity contribution is 5.30. The summed E-state index contributed by atoms with van der Waals surface area (Å²) in [5.41, 5.74) is 1.28. The molecule has 96 valence electrons. The highest BCUT2D eigenvalue weighted by atomic mass is 16.5. The van der Waals surface area contributed by atoms with Crippen molar-refractivity contribution in [2.75, 3.05) is 27.7 Å². The van der Waals surface area contributed by atoms with Crippen LogP contribution in [-0.4, -0.2) is 38.7 Å².